The molecule has 0 amide bonds. The molecule has 7 nitrogen and oxygen atoms in total. The molecule has 29 heavy (non-hydrogen) atoms. The molecular formula is C20H31IN4O3S. The first-order chi connectivity index (χ1) is 13.3. The minimum Gasteiger partial charge on any atom is -0.468 e. The largest absolute Gasteiger partial charge is 0.468 e. The van der Waals surface area contributed by atoms with Crippen molar-refractivity contribution in [3.05, 3.63) is 54.0 Å². The molecule has 1 aromatic carbocycles. The molecule has 9 heteroatoms. The number of likely N-dealkylation sites (N-methyl/N-ethyl adjacent to an activating group) is 1. The van der Waals surface area contributed by atoms with Gasteiger partial charge in [0.2, 0.25) is 0 Å². The molecule has 2 N–H and O–H groups in total. The standard InChI is InChI=1S/C20H30N4O3S.HI/c1-5-21-20(23-15-18(24(2)3)19-7-6-14-27-19)22-13-12-16-8-10-17(11-9-16)28(4,25)26;/h6-11,14,18H,5,12-13,15H2,1-4H3,(H2,21,22,23);1H. The van der Waals surface area contributed by atoms with E-state index in [0.717, 1.165) is 30.2 Å². The Bertz CT molecular complexity index is 850. The van der Waals surface area contributed by atoms with Crippen LogP contribution in [0, 0.1) is 0 Å². The molecule has 0 fully saturated rings. The minimum absolute atomic E-state index is 0. The Labute approximate surface area is 190 Å². The fourth-order valence-electron chi connectivity index (χ4n) is 2.74. The Morgan fingerprint density at radius 2 is 1.86 bits per heavy atom. The lowest BCUT2D eigenvalue weighted by Gasteiger charge is -2.21. The second-order valence-electron chi connectivity index (χ2n) is 6.81. The Hall–Kier alpha value is -1.59. The monoisotopic (exact) mass is 534 g/mol. The van der Waals surface area contributed by atoms with Crippen LogP contribution in [0.25, 0.3) is 0 Å². The van der Waals surface area contributed by atoms with E-state index in [-0.39, 0.29) is 30.0 Å². The molecule has 162 valence electrons. The fourth-order valence-corrected chi connectivity index (χ4v) is 3.37. The van der Waals surface area contributed by atoms with Gasteiger partial charge in [0.25, 0.3) is 0 Å². The second-order valence-corrected chi connectivity index (χ2v) is 8.82. The van der Waals surface area contributed by atoms with E-state index < -0.39 is 9.84 Å². The van der Waals surface area contributed by atoms with E-state index in [0.29, 0.717) is 18.0 Å². The van der Waals surface area contributed by atoms with Gasteiger partial charge in [0, 0.05) is 19.3 Å². The maximum absolute atomic E-state index is 11.5. The number of hydrogen-bond acceptors (Lipinski definition) is 5. The van der Waals surface area contributed by atoms with Crippen LogP contribution >= 0.6 is 24.0 Å². The SMILES string of the molecule is CCNC(=NCC(c1ccco1)N(C)C)NCCc1ccc(S(C)(=O)=O)cc1.I. The minimum atomic E-state index is -3.16. The summed E-state index contributed by atoms with van der Waals surface area (Å²) < 4.78 is 28.6. The Kier molecular flexibility index (Phi) is 10.7. The molecule has 0 aliphatic rings. The average molecular weight is 534 g/mol. The summed E-state index contributed by atoms with van der Waals surface area (Å²) in [5.74, 6) is 1.63. The molecule has 0 aliphatic carbocycles. The zero-order valence-corrected chi connectivity index (χ0v) is 20.5. The van der Waals surface area contributed by atoms with Crippen molar-refractivity contribution in [3.63, 3.8) is 0 Å². The molecule has 1 heterocycles. The topological polar surface area (TPSA) is 86.9 Å². The molecule has 0 saturated carbocycles. The molecule has 0 saturated heterocycles. The van der Waals surface area contributed by atoms with Gasteiger partial charge in [-0.05, 0) is 57.3 Å². The molecule has 1 atom stereocenters. The predicted octanol–water partition coefficient (Wildman–Crippen LogP) is 2.70. The smallest absolute Gasteiger partial charge is 0.191 e. The average Bonchev–Trinajstić information content (AvgIpc) is 3.15. The lowest BCUT2D eigenvalue weighted by Crippen LogP contribution is -2.39. The van der Waals surface area contributed by atoms with Crippen molar-refractivity contribution in [3.8, 4) is 0 Å². The van der Waals surface area contributed by atoms with Crippen LogP contribution in [-0.4, -0.2) is 59.3 Å². The normalized spacial score (nSPS) is 13.1. The first-order valence-electron chi connectivity index (χ1n) is 9.32. The van der Waals surface area contributed by atoms with Crippen LogP contribution < -0.4 is 10.6 Å². The highest BCUT2D eigenvalue weighted by molar-refractivity contribution is 14.0. The van der Waals surface area contributed by atoms with Gasteiger partial charge in [0.15, 0.2) is 15.8 Å². The van der Waals surface area contributed by atoms with Gasteiger partial charge in [-0.15, -0.1) is 24.0 Å². The molecule has 0 aliphatic heterocycles. The summed E-state index contributed by atoms with van der Waals surface area (Å²) >= 11 is 0. The predicted molar refractivity (Wildman–Crippen MR) is 128 cm³/mol. The number of nitrogens with one attached hydrogen (secondary N) is 2. The second kappa shape index (κ2) is 12.2. The van der Waals surface area contributed by atoms with E-state index in [1.54, 1.807) is 18.4 Å². The number of nitrogens with zero attached hydrogens (tertiary/aromatic N) is 2. The van der Waals surface area contributed by atoms with E-state index in [2.05, 4.69) is 20.5 Å². The van der Waals surface area contributed by atoms with Gasteiger partial charge in [-0.3, -0.25) is 9.89 Å². The fraction of sp³-hybridized carbons (Fsp3) is 0.450. The molecule has 1 unspecified atom stereocenters. The maximum atomic E-state index is 11.5. The quantitative estimate of drug-likeness (QED) is 0.293. The first-order valence-corrected chi connectivity index (χ1v) is 11.2. The zero-order chi connectivity index (χ0) is 20.6. The highest BCUT2D eigenvalue weighted by Crippen LogP contribution is 2.18. The number of furan rings is 1. The summed E-state index contributed by atoms with van der Waals surface area (Å²) in [4.78, 5) is 7.10. The van der Waals surface area contributed by atoms with Gasteiger partial charge in [-0.1, -0.05) is 12.1 Å². The molecule has 0 spiro atoms. The van der Waals surface area contributed by atoms with Crippen LogP contribution in [0.3, 0.4) is 0 Å². The van der Waals surface area contributed by atoms with Gasteiger partial charge in [0.1, 0.15) is 5.76 Å². The van der Waals surface area contributed by atoms with E-state index in [1.807, 2.05) is 45.3 Å². The molecule has 2 rings (SSSR count). The lowest BCUT2D eigenvalue weighted by atomic mass is 10.1. The first kappa shape index (κ1) is 25.4. The maximum Gasteiger partial charge on any atom is 0.191 e. The molecule has 0 bridgehead atoms. The summed E-state index contributed by atoms with van der Waals surface area (Å²) in [7, 11) is 0.848. The highest BCUT2D eigenvalue weighted by atomic mass is 127. The Morgan fingerprint density at radius 3 is 2.38 bits per heavy atom. The molecular weight excluding hydrogens is 503 g/mol. The highest BCUT2D eigenvalue weighted by Gasteiger charge is 2.16. The van der Waals surface area contributed by atoms with Gasteiger partial charge in [-0.2, -0.15) is 0 Å². The zero-order valence-electron chi connectivity index (χ0n) is 17.4. The van der Waals surface area contributed by atoms with Crippen molar-refractivity contribution in [1.29, 1.82) is 0 Å². The number of halogens is 1. The van der Waals surface area contributed by atoms with Gasteiger partial charge in [0.05, 0.1) is 23.7 Å². The number of guanidine groups is 1. The van der Waals surface area contributed by atoms with Crippen molar-refractivity contribution in [1.82, 2.24) is 15.5 Å². The van der Waals surface area contributed by atoms with E-state index in [9.17, 15) is 8.42 Å². The van der Waals surface area contributed by atoms with Gasteiger partial charge < -0.3 is 15.1 Å². The number of aliphatic imine (C=N–C) groups is 1. The summed E-state index contributed by atoms with van der Waals surface area (Å²) in [6.07, 6.45) is 3.66. The summed E-state index contributed by atoms with van der Waals surface area (Å²) in [6.45, 7) is 4.05. The van der Waals surface area contributed by atoms with Crippen LogP contribution in [0.5, 0.6) is 0 Å². The van der Waals surface area contributed by atoms with Crippen molar-refractivity contribution in [2.45, 2.75) is 24.3 Å². The third-order valence-electron chi connectivity index (χ3n) is 4.32. The number of sulfone groups is 1. The van der Waals surface area contributed by atoms with E-state index >= 15 is 0 Å². The van der Waals surface area contributed by atoms with Crippen molar-refractivity contribution >= 4 is 39.8 Å². The van der Waals surface area contributed by atoms with Crippen molar-refractivity contribution in [2.24, 2.45) is 4.99 Å². The van der Waals surface area contributed by atoms with Gasteiger partial charge in [-0.25, -0.2) is 8.42 Å². The third-order valence-corrected chi connectivity index (χ3v) is 5.45. The van der Waals surface area contributed by atoms with Crippen LogP contribution in [-0.2, 0) is 16.3 Å². The third kappa shape index (κ3) is 8.35. The Morgan fingerprint density at radius 1 is 1.17 bits per heavy atom. The number of rotatable bonds is 9. The van der Waals surface area contributed by atoms with E-state index in [1.165, 1.54) is 6.26 Å². The van der Waals surface area contributed by atoms with Crippen LogP contribution in [0.2, 0.25) is 0 Å². The Balaban J connectivity index is 0.00000420. The number of benzene rings is 1. The molecule has 0 radical (unpaired) electrons. The summed E-state index contributed by atoms with van der Waals surface area (Å²) in [5, 5.41) is 6.57. The lowest BCUT2D eigenvalue weighted by molar-refractivity contribution is 0.265. The van der Waals surface area contributed by atoms with Gasteiger partial charge >= 0.3 is 0 Å². The summed E-state index contributed by atoms with van der Waals surface area (Å²) in [5.41, 5.74) is 1.07. The summed E-state index contributed by atoms with van der Waals surface area (Å²) in [6, 6.07) is 10.9. The van der Waals surface area contributed by atoms with Crippen LogP contribution in [0.4, 0.5) is 0 Å². The number of hydrogen-bond donors (Lipinski definition) is 2. The van der Waals surface area contributed by atoms with E-state index in [4.69, 9.17) is 4.42 Å². The van der Waals surface area contributed by atoms with Crippen molar-refractivity contribution < 1.29 is 12.8 Å². The van der Waals surface area contributed by atoms with Crippen LogP contribution in [0.15, 0.2) is 57.0 Å². The molecule has 1 aromatic heterocycles. The molecule has 2 aromatic rings. The van der Waals surface area contributed by atoms with Crippen LogP contribution in [0.1, 0.15) is 24.3 Å². The van der Waals surface area contributed by atoms with Crippen molar-refractivity contribution in [2.75, 3.05) is 40.0 Å².